The third kappa shape index (κ3) is 2.67. The van der Waals surface area contributed by atoms with Crippen LogP contribution in [0, 0.1) is 0 Å². The maximum absolute atomic E-state index is 9.30. The van der Waals surface area contributed by atoms with Gasteiger partial charge in [0.15, 0.2) is 0 Å². The lowest BCUT2D eigenvalue weighted by Crippen LogP contribution is -2.59. The van der Waals surface area contributed by atoms with E-state index in [0.717, 1.165) is 19.6 Å². The van der Waals surface area contributed by atoms with Crippen molar-refractivity contribution in [3.05, 3.63) is 0 Å². The van der Waals surface area contributed by atoms with E-state index in [-0.39, 0.29) is 18.7 Å². The van der Waals surface area contributed by atoms with Gasteiger partial charge in [-0.05, 0) is 20.9 Å². The van der Waals surface area contributed by atoms with Crippen molar-refractivity contribution in [3.8, 4) is 0 Å². The van der Waals surface area contributed by atoms with E-state index in [1.165, 1.54) is 0 Å². The van der Waals surface area contributed by atoms with Crippen molar-refractivity contribution in [3.63, 3.8) is 0 Å². The van der Waals surface area contributed by atoms with E-state index in [1.54, 1.807) is 0 Å². The first-order valence-electron chi connectivity index (χ1n) is 5.37. The van der Waals surface area contributed by atoms with Crippen molar-refractivity contribution in [2.45, 2.75) is 32.0 Å². The Labute approximate surface area is 86.7 Å². The monoisotopic (exact) mass is 201 g/mol. The molecule has 0 radical (unpaired) electrons. The molecule has 1 aliphatic heterocycles. The summed E-state index contributed by atoms with van der Waals surface area (Å²) in [5.74, 6) is 0. The van der Waals surface area contributed by atoms with Crippen molar-refractivity contribution in [1.82, 2.24) is 9.80 Å². The summed E-state index contributed by atoms with van der Waals surface area (Å²) in [7, 11) is 2.09. The molecule has 0 aliphatic carbocycles. The number of nitrogens with zero attached hydrogens (tertiary/aromatic N) is 2. The van der Waals surface area contributed by atoms with E-state index in [2.05, 4.69) is 23.8 Å². The molecule has 1 heterocycles. The fourth-order valence-electron chi connectivity index (χ4n) is 2.03. The van der Waals surface area contributed by atoms with Crippen LogP contribution in [-0.4, -0.2) is 66.3 Å². The Kier molecular flexibility index (Phi) is 4.31. The average Bonchev–Trinajstić information content (AvgIpc) is 2.16. The predicted octanol–water partition coefficient (Wildman–Crippen LogP) is -0.670. The van der Waals surface area contributed by atoms with Gasteiger partial charge in [-0.15, -0.1) is 0 Å². The molecule has 84 valence electrons. The highest BCUT2D eigenvalue weighted by molar-refractivity contribution is 4.86. The van der Waals surface area contributed by atoms with Gasteiger partial charge in [0, 0.05) is 37.8 Å². The highest BCUT2D eigenvalue weighted by Gasteiger charge is 2.29. The molecule has 14 heavy (non-hydrogen) atoms. The molecule has 1 fully saturated rings. The second kappa shape index (κ2) is 5.07. The van der Waals surface area contributed by atoms with Gasteiger partial charge in [0.25, 0.3) is 0 Å². The quantitative estimate of drug-likeness (QED) is 0.636. The van der Waals surface area contributed by atoms with Crippen LogP contribution >= 0.6 is 0 Å². The molecule has 0 aromatic carbocycles. The number of aliphatic hydroxyl groups is 1. The molecule has 0 bridgehead atoms. The van der Waals surface area contributed by atoms with E-state index in [9.17, 15) is 5.11 Å². The average molecular weight is 201 g/mol. The summed E-state index contributed by atoms with van der Waals surface area (Å²) < 4.78 is 0. The van der Waals surface area contributed by atoms with Gasteiger partial charge < -0.3 is 15.7 Å². The zero-order chi connectivity index (χ0) is 10.7. The van der Waals surface area contributed by atoms with E-state index < -0.39 is 0 Å². The molecule has 3 unspecified atom stereocenters. The minimum absolute atomic E-state index is 0.160. The highest BCUT2D eigenvalue weighted by atomic mass is 16.3. The summed E-state index contributed by atoms with van der Waals surface area (Å²) in [6.07, 6.45) is 0. The number of hydrogen-bond acceptors (Lipinski definition) is 4. The van der Waals surface area contributed by atoms with Crippen LogP contribution in [0.25, 0.3) is 0 Å². The van der Waals surface area contributed by atoms with Crippen molar-refractivity contribution >= 4 is 0 Å². The van der Waals surface area contributed by atoms with Gasteiger partial charge in [-0.1, -0.05) is 0 Å². The topological polar surface area (TPSA) is 52.7 Å². The highest BCUT2D eigenvalue weighted by Crippen LogP contribution is 2.13. The van der Waals surface area contributed by atoms with Crippen LogP contribution < -0.4 is 5.73 Å². The summed E-state index contributed by atoms with van der Waals surface area (Å²) in [4.78, 5) is 4.58. The maximum atomic E-state index is 9.30. The Morgan fingerprint density at radius 3 is 2.57 bits per heavy atom. The van der Waals surface area contributed by atoms with Gasteiger partial charge in [0.2, 0.25) is 0 Å². The van der Waals surface area contributed by atoms with E-state index in [1.807, 2.05) is 6.92 Å². The number of piperazine rings is 1. The fraction of sp³-hybridized carbons (Fsp3) is 1.00. The Hall–Kier alpha value is -0.160. The minimum atomic E-state index is 0.160. The van der Waals surface area contributed by atoms with Gasteiger partial charge in [-0.2, -0.15) is 0 Å². The van der Waals surface area contributed by atoms with Crippen LogP contribution in [0.15, 0.2) is 0 Å². The molecule has 3 N–H and O–H groups in total. The first kappa shape index (κ1) is 11.9. The molecule has 1 saturated heterocycles. The molecule has 3 atom stereocenters. The Morgan fingerprint density at radius 1 is 1.43 bits per heavy atom. The molecule has 0 amide bonds. The molecule has 0 aromatic heterocycles. The maximum Gasteiger partial charge on any atom is 0.0599 e. The Balaban J connectivity index is 2.58. The molecular formula is C10H23N3O. The van der Waals surface area contributed by atoms with Crippen molar-refractivity contribution in [1.29, 1.82) is 0 Å². The number of nitrogens with two attached hydrogens (primary N) is 1. The van der Waals surface area contributed by atoms with Crippen LogP contribution in [0.2, 0.25) is 0 Å². The van der Waals surface area contributed by atoms with Crippen molar-refractivity contribution in [2.24, 2.45) is 5.73 Å². The van der Waals surface area contributed by atoms with Gasteiger partial charge in [0.1, 0.15) is 0 Å². The van der Waals surface area contributed by atoms with Crippen LogP contribution in [0.4, 0.5) is 0 Å². The first-order chi connectivity index (χ1) is 6.56. The van der Waals surface area contributed by atoms with Crippen LogP contribution in [0.1, 0.15) is 13.8 Å². The molecular weight excluding hydrogens is 178 g/mol. The largest absolute Gasteiger partial charge is 0.395 e. The molecule has 4 nitrogen and oxygen atoms in total. The van der Waals surface area contributed by atoms with E-state index in [0.29, 0.717) is 6.04 Å². The third-order valence-corrected chi connectivity index (χ3v) is 3.23. The van der Waals surface area contributed by atoms with Gasteiger partial charge >= 0.3 is 0 Å². The Bertz CT molecular complexity index is 175. The smallest absolute Gasteiger partial charge is 0.0599 e. The zero-order valence-electron chi connectivity index (χ0n) is 9.48. The zero-order valence-corrected chi connectivity index (χ0v) is 9.48. The van der Waals surface area contributed by atoms with Gasteiger partial charge in [0.05, 0.1) is 6.61 Å². The van der Waals surface area contributed by atoms with Gasteiger partial charge in [-0.3, -0.25) is 4.90 Å². The lowest BCUT2D eigenvalue weighted by Gasteiger charge is -2.43. The van der Waals surface area contributed by atoms with Gasteiger partial charge in [-0.25, -0.2) is 0 Å². The molecule has 1 rings (SSSR count). The fourth-order valence-corrected chi connectivity index (χ4v) is 2.03. The molecule has 1 aliphatic rings. The van der Waals surface area contributed by atoms with Crippen molar-refractivity contribution in [2.75, 3.05) is 33.3 Å². The molecule has 4 heteroatoms. The Morgan fingerprint density at radius 2 is 2.07 bits per heavy atom. The summed E-state index contributed by atoms with van der Waals surface area (Å²) in [6, 6.07) is 0.753. The molecule has 0 spiro atoms. The standard InChI is InChI=1S/C10H23N3O/c1-8(11)9(2)13-5-4-12(3)6-10(13)7-14/h8-10,14H,4-7,11H2,1-3H3. The SMILES string of the molecule is CC(N)C(C)N1CCN(C)CC1CO. The summed E-state index contributed by atoms with van der Waals surface area (Å²) >= 11 is 0. The second-order valence-corrected chi connectivity index (χ2v) is 4.44. The third-order valence-electron chi connectivity index (χ3n) is 3.23. The minimum Gasteiger partial charge on any atom is -0.395 e. The number of rotatable bonds is 3. The second-order valence-electron chi connectivity index (χ2n) is 4.44. The number of likely N-dealkylation sites (N-methyl/N-ethyl adjacent to an activating group) is 1. The summed E-state index contributed by atoms with van der Waals surface area (Å²) in [5.41, 5.74) is 5.88. The number of aliphatic hydroxyl groups excluding tert-OH is 1. The summed E-state index contributed by atoms with van der Waals surface area (Å²) in [6.45, 7) is 7.39. The van der Waals surface area contributed by atoms with Crippen LogP contribution in [0.5, 0.6) is 0 Å². The molecule has 0 aromatic rings. The van der Waals surface area contributed by atoms with E-state index >= 15 is 0 Å². The number of hydrogen-bond donors (Lipinski definition) is 2. The lowest BCUT2D eigenvalue weighted by molar-refractivity contribution is 0.0202. The van der Waals surface area contributed by atoms with Crippen LogP contribution in [-0.2, 0) is 0 Å². The molecule has 0 saturated carbocycles. The van der Waals surface area contributed by atoms with E-state index in [4.69, 9.17) is 5.73 Å². The lowest BCUT2D eigenvalue weighted by atomic mass is 10.1. The first-order valence-corrected chi connectivity index (χ1v) is 5.37. The summed E-state index contributed by atoms with van der Waals surface area (Å²) in [5, 5.41) is 9.30. The predicted molar refractivity (Wildman–Crippen MR) is 58.2 cm³/mol. The normalized spacial score (nSPS) is 30.2. The van der Waals surface area contributed by atoms with Crippen molar-refractivity contribution < 1.29 is 5.11 Å². The van der Waals surface area contributed by atoms with Crippen LogP contribution in [0.3, 0.4) is 0 Å².